The molecule has 2 aromatic rings. The highest BCUT2D eigenvalue weighted by atomic mass is 16.2. The number of hydrogen-bond donors (Lipinski definition) is 1. The molecule has 1 aromatic carbocycles. The molecule has 1 N–H and O–H groups in total. The number of nitrogens with one attached hydrogen (secondary N) is 1. The Labute approximate surface area is 138 Å². The first-order valence-corrected chi connectivity index (χ1v) is 7.99. The maximum absolute atomic E-state index is 12.5. The molecule has 0 aliphatic rings. The Kier molecular flexibility index (Phi) is 5.74. The predicted octanol–water partition coefficient (Wildman–Crippen LogP) is 4.22. The van der Waals surface area contributed by atoms with Crippen molar-refractivity contribution >= 4 is 11.7 Å². The second-order valence-corrected chi connectivity index (χ2v) is 6.15. The van der Waals surface area contributed by atoms with Crippen LogP contribution in [-0.2, 0) is 6.42 Å². The molecule has 0 aliphatic carbocycles. The van der Waals surface area contributed by atoms with Gasteiger partial charge < -0.3 is 10.2 Å². The number of aryl methyl sites for hydroxylation is 1. The summed E-state index contributed by atoms with van der Waals surface area (Å²) in [5.74, 6) is 0.368. The number of amides is 2. The van der Waals surface area contributed by atoms with Crippen molar-refractivity contribution in [1.82, 2.24) is 9.88 Å². The largest absolute Gasteiger partial charge is 0.327 e. The van der Waals surface area contributed by atoms with Gasteiger partial charge in [-0.3, -0.25) is 4.98 Å². The van der Waals surface area contributed by atoms with Crippen LogP contribution in [0.4, 0.5) is 10.5 Å². The molecule has 4 heteroatoms. The molecule has 0 radical (unpaired) electrons. The highest BCUT2D eigenvalue weighted by Gasteiger charge is 2.14. The van der Waals surface area contributed by atoms with Crippen LogP contribution in [0.25, 0.3) is 0 Å². The molecule has 0 atom stereocenters. The van der Waals surface area contributed by atoms with Crippen molar-refractivity contribution < 1.29 is 4.79 Å². The number of pyridine rings is 1. The van der Waals surface area contributed by atoms with Crippen molar-refractivity contribution in [3.05, 3.63) is 59.4 Å². The first-order valence-electron chi connectivity index (χ1n) is 7.99. The van der Waals surface area contributed by atoms with Gasteiger partial charge in [0.05, 0.1) is 0 Å². The molecule has 4 nitrogen and oxygen atoms in total. The van der Waals surface area contributed by atoms with Gasteiger partial charge in [0.15, 0.2) is 0 Å². The molecule has 0 saturated heterocycles. The van der Waals surface area contributed by atoms with Gasteiger partial charge in [-0.2, -0.15) is 0 Å². The van der Waals surface area contributed by atoms with Crippen LogP contribution in [0.15, 0.2) is 42.7 Å². The first-order chi connectivity index (χ1) is 11.0. The lowest BCUT2D eigenvalue weighted by molar-refractivity contribution is 0.223. The number of hydrogen-bond acceptors (Lipinski definition) is 2. The lowest BCUT2D eigenvalue weighted by atomic mass is 9.98. The number of urea groups is 1. The van der Waals surface area contributed by atoms with Gasteiger partial charge in [0.2, 0.25) is 0 Å². The number of carbonyl (C=O) groups excluding carboxylic acids is 1. The molecule has 0 saturated carbocycles. The molecule has 2 amide bonds. The number of aromatic nitrogens is 1. The lowest BCUT2D eigenvalue weighted by Crippen LogP contribution is -2.33. The number of anilines is 1. The van der Waals surface area contributed by atoms with Crippen LogP contribution < -0.4 is 5.32 Å². The van der Waals surface area contributed by atoms with Gasteiger partial charge in [-0.1, -0.05) is 32.0 Å². The maximum Gasteiger partial charge on any atom is 0.321 e. The topological polar surface area (TPSA) is 45.2 Å². The standard InChI is InChI=1S/C19H25N3O/c1-14(2)17-7-5-6-15(3)18(17)21-19(23)22(4)13-10-16-8-11-20-12-9-16/h5-9,11-12,14H,10,13H2,1-4H3,(H,21,23). The van der Waals surface area contributed by atoms with E-state index in [2.05, 4.69) is 30.2 Å². The van der Waals surface area contributed by atoms with E-state index >= 15 is 0 Å². The van der Waals surface area contributed by atoms with Crippen LogP contribution in [0.2, 0.25) is 0 Å². The van der Waals surface area contributed by atoms with Crippen molar-refractivity contribution in [3.63, 3.8) is 0 Å². The Morgan fingerprint density at radius 1 is 1.22 bits per heavy atom. The average Bonchev–Trinajstić information content (AvgIpc) is 2.55. The number of nitrogens with zero attached hydrogens (tertiary/aromatic N) is 2. The molecule has 1 aromatic heterocycles. The summed E-state index contributed by atoms with van der Waals surface area (Å²) in [6, 6.07) is 10.0. The van der Waals surface area contributed by atoms with Crippen molar-refractivity contribution in [2.45, 2.75) is 33.1 Å². The van der Waals surface area contributed by atoms with Crippen LogP contribution in [0, 0.1) is 6.92 Å². The molecule has 0 fully saturated rings. The maximum atomic E-state index is 12.5. The summed E-state index contributed by atoms with van der Waals surface area (Å²) in [6.45, 7) is 6.96. The van der Waals surface area contributed by atoms with E-state index in [1.165, 1.54) is 11.1 Å². The number of para-hydroxylation sites is 1. The highest BCUT2D eigenvalue weighted by Crippen LogP contribution is 2.27. The molecule has 0 spiro atoms. The van der Waals surface area contributed by atoms with Gasteiger partial charge in [-0.25, -0.2) is 4.79 Å². The van der Waals surface area contributed by atoms with Crippen molar-refractivity contribution in [1.29, 1.82) is 0 Å². The molecule has 0 aliphatic heterocycles. The Bertz CT molecular complexity index is 653. The van der Waals surface area contributed by atoms with Crippen molar-refractivity contribution in [2.75, 3.05) is 18.9 Å². The van der Waals surface area contributed by atoms with E-state index in [1.807, 2.05) is 38.2 Å². The predicted molar refractivity (Wildman–Crippen MR) is 94.9 cm³/mol. The minimum atomic E-state index is -0.0738. The zero-order valence-electron chi connectivity index (χ0n) is 14.3. The average molecular weight is 311 g/mol. The van der Waals surface area contributed by atoms with E-state index < -0.39 is 0 Å². The molecule has 2 rings (SSSR count). The van der Waals surface area contributed by atoms with Crippen LogP contribution in [-0.4, -0.2) is 29.5 Å². The number of carbonyl (C=O) groups is 1. The van der Waals surface area contributed by atoms with Crippen LogP contribution in [0.5, 0.6) is 0 Å². The molecule has 23 heavy (non-hydrogen) atoms. The van der Waals surface area contributed by atoms with Crippen molar-refractivity contribution in [3.8, 4) is 0 Å². The summed E-state index contributed by atoms with van der Waals surface area (Å²) in [5.41, 5.74) is 4.37. The minimum absolute atomic E-state index is 0.0738. The molecular formula is C19H25N3O. The zero-order chi connectivity index (χ0) is 16.8. The Morgan fingerprint density at radius 2 is 1.91 bits per heavy atom. The van der Waals surface area contributed by atoms with Gasteiger partial charge in [0.25, 0.3) is 0 Å². The van der Waals surface area contributed by atoms with Crippen LogP contribution in [0.3, 0.4) is 0 Å². The number of likely N-dealkylation sites (N-methyl/N-ethyl adjacent to an activating group) is 1. The zero-order valence-corrected chi connectivity index (χ0v) is 14.3. The van der Waals surface area contributed by atoms with E-state index in [9.17, 15) is 4.79 Å². The highest BCUT2D eigenvalue weighted by molar-refractivity contribution is 5.91. The quantitative estimate of drug-likeness (QED) is 0.898. The smallest absolute Gasteiger partial charge is 0.321 e. The monoisotopic (exact) mass is 311 g/mol. The third-order valence-electron chi connectivity index (χ3n) is 3.99. The third-order valence-corrected chi connectivity index (χ3v) is 3.99. The summed E-state index contributed by atoms with van der Waals surface area (Å²) < 4.78 is 0. The lowest BCUT2D eigenvalue weighted by Gasteiger charge is -2.21. The summed E-state index contributed by atoms with van der Waals surface area (Å²) >= 11 is 0. The van der Waals surface area contributed by atoms with Gasteiger partial charge >= 0.3 is 6.03 Å². The van der Waals surface area contributed by atoms with Crippen LogP contribution >= 0.6 is 0 Å². The van der Waals surface area contributed by atoms with E-state index in [0.717, 1.165) is 17.7 Å². The fourth-order valence-electron chi connectivity index (χ4n) is 2.49. The second-order valence-electron chi connectivity index (χ2n) is 6.15. The molecule has 1 heterocycles. The SMILES string of the molecule is Cc1cccc(C(C)C)c1NC(=O)N(C)CCc1ccncc1. The number of rotatable bonds is 5. The van der Waals surface area contributed by atoms with Gasteiger partial charge in [0, 0.05) is 31.7 Å². The van der Waals surface area contributed by atoms with Crippen molar-refractivity contribution in [2.24, 2.45) is 0 Å². The Morgan fingerprint density at radius 3 is 2.57 bits per heavy atom. The summed E-state index contributed by atoms with van der Waals surface area (Å²) in [5, 5.41) is 3.07. The molecule has 0 bridgehead atoms. The normalized spacial score (nSPS) is 10.7. The summed E-state index contributed by atoms with van der Waals surface area (Å²) in [7, 11) is 1.82. The van der Waals surface area contributed by atoms with Gasteiger partial charge in [-0.05, 0) is 48.1 Å². The minimum Gasteiger partial charge on any atom is -0.327 e. The second kappa shape index (κ2) is 7.77. The molecule has 0 unspecified atom stereocenters. The van der Waals surface area contributed by atoms with E-state index in [1.54, 1.807) is 17.3 Å². The first kappa shape index (κ1) is 17.0. The van der Waals surface area contributed by atoms with E-state index in [4.69, 9.17) is 0 Å². The Balaban J connectivity index is 2.01. The fraction of sp³-hybridized carbons (Fsp3) is 0.368. The molecule has 122 valence electrons. The van der Waals surface area contributed by atoms with Gasteiger partial charge in [-0.15, -0.1) is 0 Å². The summed E-state index contributed by atoms with van der Waals surface area (Å²) in [4.78, 5) is 18.2. The molecular weight excluding hydrogens is 286 g/mol. The Hall–Kier alpha value is -2.36. The summed E-state index contributed by atoms with van der Waals surface area (Å²) in [6.07, 6.45) is 4.37. The van der Waals surface area contributed by atoms with Gasteiger partial charge in [0.1, 0.15) is 0 Å². The van der Waals surface area contributed by atoms with E-state index in [0.29, 0.717) is 12.5 Å². The fourth-order valence-corrected chi connectivity index (χ4v) is 2.49. The van der Waals surface area contributed by atoms with E-state index in [-0.39, 0.29) is 6.03 Å². The number of benzene rings is 1. The third kappa shape index (κ3) is 4.55. The van der Waals surface area contributed by atoms with Crippen LogP contribution in [0.1, 0.15) is 36.5 Å².